The average molecular weight is 294 g/mol. The minimum atomic E-state index is -0.861. The van der Waals surface area contributed by atoms with Crippen molar-refractivity contribution in [2.45, 2.75) is 19.0 Å². The Morgan fingerprint density at radius 1 is 1.09 bits per heavy atom. The van der Waals surface area contributed by atoms with Gasteiger partial charge in [0.05, 0.1) is 0 Å². The lowest BCUT2D eigenvalue weighted by Crippen LogP contribution is -2.42. The molecule has 110 valence electrons. The molecule has 1 aliphatic rings. The van der Waals surface area contributed by atoms with Gasteiger partial charge in [0.2, 0.25) is 0 Å². The number of carbonyl (C=O) groups is 2. The molecule has 0 saturated heterocycles. The summed E-state index contributed by atoms with van der Waals surface area (Å²) >= 11 is 0. The molecule has 2 aromatic rings. The second-order valence-corrected chi connectivity index (χ2v) is 5.23. The van der Waals surface area contributed by atoms with Gasteiger partial charge in [-0.15, -0.1) is 4.91 Å². The van der Waals surface area contributed by atoms with Crippen LogP contribution in [0, 0.1) is 4.91 Å². The maximum absolute atomic E-state index is 12.5. The summed E-state index contributed by atoms with van der Waals surface area (Å²) in [5, 5.41) is 2.54. The Hall–Kier alpha value is -2.82. The fourth-order valence-corrected chi connectivity index (χ4v) is 2.76. The van der Waals surface area contributed by atoms with Crippen LogP contribution in [0.25, 0.3) is 0 Å². The van der Waals surface area contributed by atoms with E-state index in [2.05, 4.69) is 5.18 Å². The summed E-state index contributed by atoms with van der Waals surface area (Å²) in [5.41, 5.74) is 2.33. The molecule has 5 nitrogen and oxygen atoms in total. The molecule has 0 aromatic heterocycles. The first-order valence-corrected chi connectivity index (χ1v) is 7.00. The van der Waals surface area contributed by atoms with Gasteiger partial charge in [-0.1, -0.05) is 48.5 Å². The molecule has 0 radical (unpaired) electrons. The second-order valence-electron chi connectivity index (χ2n) is 5.23. The molecule has 3 rings (SSSR count). The topological polar surface area (TPSA) is 66.8 Å². The van der Waals surface area contributed by atoms with Gasteiger partial charge in [-0.3, -0.25) is 9.59 Å². The van der Waals surface area contributed by atoms with Crippen LogP contribution in [0.4, 0.5) is 0 Å². The standard InChI is InChI=1S/C17H14N2O3/c20-16(18-22)15(10-12-6-2-1-3-7-12)19-11-13-8-4-5-9-14(13)17(19)21/h1-9,15H,10-11H2/t15-/m0/s1. The summed E-state index contributed by atoms with van der Waals surface area (Å²) in [6.07, 6.45) is 0.283. The number of amides is 2. The number of fused-ring (bicyclic) bond motifs is 1. The Morgan fingerprint density at radius 3 is 2.45 bits per heavy atom. The molecule has 0 N–H and O–H groups in total. The molecule has 2 amide bonds. The highest BCUT2D eigenvalue weighted by Gasteiger charge is 2.36. The lowest BCUT2D eigenvalue weighted by atomic mass is 10.0. The third-order valence-electron chi connectivity index (χ3n) is 3.87. The molecule has 22 heavy (non-hydrogen) atoms. The zero-order valence-electron chi connectivity index (χ0n) is 11.8. The van der Waals surface area contributed by atoms with Gasteiger partial charge in [-0.2, -0.15) is 0 Å². The van der Waals surface area contributed by atoms with Crippen molar-refractivity contribution in [3.8, 4) is 0 Å². The van der Waals surface area contributed by atoms with Crippen LogP contribution < -0.4 is 0 Å². The minimum absolute atomic E-state index is 0.228. The zero-order valence-corrected chi connectivity index (χ0v) is 11.8. The summed E-state index contributed by atoms with van der Waals surface area (Å²) in [6.45, 7) is 0.327. The van der Waals surface area contributed by atoms with Crippen molar-refractivity contribution in [1.82, 2.24) is 4.90 Å². The first-order valence-electron chi connectivity index (χ1n) is 7.00. The van der Waals surface area contributed by atoms with Crippen LogP contribution in [0.15, 0.2) is 59.8 Å². The Labute approximate surface area is 127 Å². The average Bonchev–Trinajstić information content (AvgIpc) is 2.90. The van der Waals surface area contributed by atoms with Gasteiger partial charge in [0.25, 0.3) is 5.91 Å². The Kier molecular flexibility index (Phi) is 3.78. The molecule has 0 bridgehead atoms. The van der Waals surface area contributed by atoms with Crippen LogP contribution in [0.5, 0.6) is 0 Å². The van der Waals surface area contributed by atoms with Gasteiger partial charge < -0.3 is 4.90 Å². The summed E-state index contributed by atoms with van der Waals surface area (Å²) < 4.78 is 0. The largest absolute Gasteiger partial charge is 0.322 e. The van der Waals surface area contributed by atoms with Crippen molar-refractivity contribution in [2.75, 3.05) is 0 Å². The van der Waals surface area contributed by atoms with Crippen molar-refractivity contribution in [3.05, 3.63) is 76.2 Å². The smallest absolute Gasteiger partial charge is 0.309 e. The van der Waals surface area contributed by atoms with E-state index in [1.54, 1.807) is 12.1 Å². The molecular weight excluding hydrogens is 280 g/mol. The third-order valence-corrected chi connectivity index (χ3v) is 3.87. The summed E-state index contributed by atoms with van der Waals surface area (Å²) in [7, 11) is 0. The lowest BCUT2D eigenvalue weighted by molar-refractivity contribution is -0.122. The van der Waals surface area contributed by atoms with E-state index in [-0.39, 0.29) is 12.3 Å². The number of benzene rings is 2. The Balaban J connectivity index is 1.90. The molecule has 0 aliphatic carbocycles. The highest BCUT2D eigenvalue weighted by atomic mass is 16.3. The Morgan fingerprint density at radius 2 is 1.77 bits per heavy atom. The number of rotatable bonds is 4. The number of hydrogen-bond acceptors (Lipinski definition) is 3. The quantitative estimate of drug-likeness (QED) is 0.814. The van der Waals surface area contributed by atoms with Crippen LogP contribution in [0.2, 0.25) is 0 Å². The van der Waals surface area contributed by atoms with E-state index in [4.69, 9.17) is 0 Å². The molecule has 0 unspecified atom stereocenters. The molecular formula is C17H14N2O3. The fraction of sp³-hybridized carbons (Fsp3) is 0.176. The van der Waals surface area contributed by atoms with Crippen molar-refractivity contribution < 1.29 is 9.59 Å². The zero-order chi connectivity index (χ0) is 15.5. The summed E-state index contributed by atoms with van der Waals surface area (Å²) in [6, 6.07) is 15.7. The van der Waals surface area contributed by atoms with Crippen molar-refractivity contribution in [2.24, 2.45) is 5.18 Å². The summed E-state index contributed by atoms with van der Waals surface area (Å²) in [5.74, 6) is -1.04. The van der Waals surface area contributed by atoms with Crippen LogP contribution >= 0.6 is 0 Å². The minimum Gasteiger partial charge on any atom is -0.322 e. The van der Waals surface area contributed by atoms with Gasteiger partial charge in [0, 0.05) is 23.7 Å². The predicted molar refractivity (Wildman–Crippen MR) is 81.1 cm³/mol. The van der Waals surface area contributed by atoms with E-state index < -0.39 is 11.9 Å². The van der Waals surface area contributed by atoms with Crippen LogP contribution in [-0.4, -0.2) is 22.8 Å². The SMILES string of the molecule is O=NC(=O)[C@H](Cc1ccccc1)N1Cc2ccccc2C1=O. The maximum atomic E-state index is 12.5. The van der Waals surface area contributed by atoms with E-state index in [0.29, 0.717) is 12.1 Å². The molecule has 0 saturated carbocycles. The molecule has 1 atom stereocenters. The van der Waals surface area contributed by atoms with Crippen LogP contribution in [0.1, 0.15) is 21.5 Å². The highest BCUT2D eigenvalue weighted by molar-refractivity contribution is 6.01. The van der Waals surface area contributed by atoms with Gasteiger partial charge in [-0.05, 0) is 17.2 Å². The van der Waals surface area contributed by atoms with Gasteiger partial charge in [0.15, 0.2) is 0 Å². The second kappa shape index (κ2) is 5.89. The first kappa shape index (κ1) is 14.1. The van der Waals surface area contributed by atoms with Crippen molar-refractivity contribution >= 4 is 11.8 Å². The maximum Gasteiger partial charge on any atom is 0.309 e. The lowest BCUT2D eigenvalue weighted by Gasteiger charge is -2.24. The van der Waals surface area contributed by atoms with E-state index >= 15 is 0 Å². The molecule has 0 fully saturated rings. The fourth-order valence-electron chi connectivity index (χ4n) is 2.76. The van der Waals surface area contributed by atoms with Gasteiger partial charge in [0.1, 0.15) is 6.04 Å². The molecule has 1 heterocycles. The molecule has 0 spiro atoms. The summed E-state index contributed by atoms with van der Waals surface area (Å²) in [4.78, 5) is 36.6. The molecule has 1 aliphatic heterocycles. The normalized spacial score (nSPS) is 14.5. The predicted octanol–water partition coefficient (Wildman–Crippen LogP) is 2.55. The number of hydrogen-bond donors (Lipinski definition) is 0. The number of nitroso groups, excluding NO2 is 1. The number of nitrogens with zero attached hydrogens (tertiary/aromatic N) is 2. The van der Waals surface area contributed by atoms with Crippen LogP contribution in [0.3, 0.4) is 0 Å². The monoisotopic (exact) mass is 294 g/mol. The van der Waals surface area contributed by atoms with E-state index in [9.17, 15) is 14.5 Å². The van der Waals surface area contributed by atoms with E-state index in [1.165, 1.54) is 4.90 Å². The highest BCUT2D eigenvalue weighted by Crippen LogP contribution is 2.26. The van der Waals surface area contributed by atoms with Crippen LogP contribution in [-0.2, 0) is 17.8 Å². The number of carbonyl (C=O) groups excluding carboxylic acids is 2. The molecule has 2 aromatic carbocycles. The first-order chi connectivity index (χ1) is 10.7. The van der Waals surface area contributed by atoms with E-state index in [1.807, 2.05) is 42.5 Å². The third kappa shape index (κ3) is 2.53. The van der Waals surface area contributed by atoms with Gasteiger partial charge >= 0.3 is 5.91 Å². The van der Waals surface area contributed by atoms with E-state index in [0.717, 1.165) is 11.1 Å². The Bertz CT molecular complexity index is 728. The molecule has 5 heteroatoms. The van der Waals surface area contributed by atoms with Gasteiger partial charge in [-0.25, -0.2) is 0 Å². The van der Waals surface area contributed by atoms with Crippen molar-refractivity contribution in [1.29, 1.82) is 0 Å². The van der Waals surface area contributed by atoms with Crippen molar-refractivity contribution in [3.63, 3.8) is 0 Å².